The molecule has 3 aromatic carbocycles. The molecule has 3 heteroatoms. The van der Waals surface area contributed by atoms with E-state index < -0.39 is 0 Å². The molecule has 0 radical (unpaired) electrons. The Labute approximate surface area is 176 Å². The van der Waals surface area contributed by atoms with Crippen LogP contribution in [0.5, 0.6) is 0 Å². The number of aliphatic hydroxyl groups excluding tert-OH is 1. The van der Waals surface area contributed by atoms with Gasteiger partial charge in [0.25, 0.3) is 0 Å². The van der Waals surface area contributed by atoms with Gasteiger partial charge < -0.3 is 5.11 Å². The van der Waals surface area contributed by atoms with Crippen molar-refractivity contribution in [3.8, 4) is 11.3 Å². The molecule has 1 unspecified atom stereocenters. The summed E-state index contributed by atoms with van der Waals surface area (Å²) in [6.07, 6.45) is 2.50. The number of fused-ring (bicyclic) bond motifs is 1. The van der Waals surface area contributed by atoms with Gasteiger partial charge in [0.2, 0.25) is 0 Å². The summed E-state index contributed by atoms with van der Waals surface area (Å²) in [6, 6.07) is 26.4. The van der Waals surface area contributed by atoms with Gasteiger partial charge in [-0.3, -0.25) is 0 Å². The highest BCUT2D eigenvalue weighted by Crippen LogP contribution is 2.38. The molecule has 0 aliphatic carbocycles. The number of nitrogens with zero attached hydrogens (tertiary/aromatic N) is 1. The fourth-order valence-electron chi connectivity index (χ4n) is 3.89. The molecule has 1 aromatic heterocycles. The maximum atomic E-state index is 9.77. The molecule has 4 aromatic rings. The van der Waals surface area contributed by atoms with E-state index in [2.05, 4.69) is 36.9 Å². The third kappa shape index (κ3) is 3.95. The molecular weight excluding hydrogens is 378 g/mol. The predicted octanol–water partition coefficient (Wildman–Crippen LogP) is 6.71. The maximum Gasteiger partial charge on any atom is 0.0724 e. The van der Waals surface area contributed by atoms with Crippen molar-refractivity contribution in [2.24, 2.45) is 0 Å². The zero-order valence-electron chi connectivity index (χ0n) is 16.1. The van der Waals surface area contributed by atoms with E-state index in [0.717, 1.165) is 33.3 Å². The maximum absolute atomic E-state index is 9.77. The lowest BCUT2D eigenvalue weighted by atomic mass is 9.83. The summed E-state index contributed by atoms with van der Waals surface area (Å²) in [4.78, 5) is 4.92. The summed E-state index contributed by atoms with van der Waals surface area (Å²) in [5.74, 6) is 0.0629. The average Bonchev–Trinajstić information content (AvgIpc) is 2.77. The number of hydrogen-bond acceptors (Lipinski definition) is 2. The molecule has 0 saturated heterocycles. The highest BCUT2D eigenvalue weighted by Gasteiger charge is 2.20. The van der Waals surface area contributed by atoms with E-state index in [9.17, 15) is 5.11 Å². The summed E-state index contributed by atoms with van der Waals surface area (Å²) in [7, 11) is 0. The van der Waals surface area contributed by atoms with Crippen molar-refractivity contribution >= 4 is 28.6 Å². The van der Waals surface area contributed by atoms with Crippen LogP contribution in [0.15, 0.2) is 85.4 Å². The molecule has 0 aliphatic heterocycles. The van der Waals surface area contributed by atoms with E-state index in [0.29, 0.717) is 11.4 Å². The van der Waals surface area contributed by atoms with Crippen LogP contribution >= 0.6 is 11.6 Å². The van der Waals surface area contributed by atoms with E-state index in [1.165, 1.54) is 5.56 Å². The Morgan fingerprint density at radius 2 is 1.76 bits per heavy atom. The minimum Gasteiger partial charge on any atom is -0.396 e. The van der Waals surface area contributed by atoms with Gasteiger partial charge in [-0.1, -0.05) is 84.9 Å². The lowest BCUT2D eigenvalue weighted by Crippen LogP contribution is -2.07. The largest absolute Gasteiger partial charge is 0.396 e. The molecule has 0 bridgehead atoms. The Balaban J connectivity index is 1.94. The molecule has 0 aliphatic rings. The van der Waals surface area contributed by atoms with Crippen molar-refractivity contribution in [3.63, 3.8) is 0 Å². The first-order valence-corrected chi connectivity index (χ1v) is 10.1. The molecule has 0 fully saturated rings. The lowest BCUT2D eigenvalue weighted by Gasteiger charge is -2.22. The van der Waals surface area contributed by atoms with Crippen molar-refractivity contribution in [2.45, 2.75) is 12.3 Å². The zero-order chi connectivity index (χ0) is 20.2. The van der Waals surface area contributed by atoms with Crippen molar-refractivity contribution in [2.75, 3.05) is 6.61 Å². The number of aromatic nitrogens is 1. The molecular formula is C26H22ClNO. The summed E-state index contributed by atoms with van der Waals surface area (Å²) >= 11 is 6.19. The Morgan fingerprint density at radius 3 is 2.52 bits per heavy atom. The molecule has 144 valence electrons. The predicted molar refractivity (Wildman–Crippen MR) is 122 cm³/mol. The second-order valence-electron chi connectivity index (χ2n) is 7.02. The average molecular weight is 400 g/mol. The second-order valence-corrected chi connectivity index (χ2v) is 7.46. The van der Waals surface area contributed by atoms with E-state index >= 15 is 0 Å². The Bertz CT molecular complexity index is 1150. The minimum absolute atomic E-state index is 0.0629. The molecule has 0 spiro atoms. The van der Waals surface area contributed by atoms with Crippen molar-refractivity contribution < 1.29 is 5.11 Å². The molecule has 2 nitrogen and oxygen atoms in total. The molecule has 0 amide bonds. The van der Waals surface area contributed by atoms with Gasteiger partial charge in [-0.15, -0.1) is 0 Å². The van der Waals surface area contributed by atoms with Gasteiger partial charge in [-0.25, -0.2) is 4.98 Å². The van der Waals surface area contributed by atoms with E-state index in [1.54, 1.807) is 0 Å². The van der Waals surface area contributed by atoms with Gasteiger partial charge in [-0.2, -0.15) is 0 Å². The SMILES string of the molecule is C=Cc1cccc(C(CCO)c2ccccc2)c1-c1ccc2ccc(Cl)cc2n1. The normalized spacial score (nSPS) is 12.1. The van der Waals surface area contributed by atoms with Gasteiger partial charge in [0, 0.05) is 28.5 Å². The van der Waals surface area contributed by atoms with Crippen molar-refractivity contribution in [3.05, 3.63) is 107 Å². The van der Waals surface area contributed by atoms with E-state index in [-0.39, 0.29) is 12.5 Å². The Morgan fingerprint density at radius 1 is 0.966 bits per heavy atom. The number of pyridine rings is 1. The van der Waals surface area contributed by atoms with E-state index in [4.69, 9.17) is 16.6 Å². The van der Waals surface area contributed by atoms with Crippen LogP contribution in [0.1, 0.15) is 29.0 Å². The smallest absolute Gasteiger partial charge is 0.0724 e. The molecule has 4 rings (SSSR count). The van der Waals surface area contributed by atoms with Gasteiger partial charge in [0.1, 0.15) is 0 Å². The van der Waals surface area contributed by atoms with Gasteiger partial charge in [-0.05, 0) is 41.3 Å². The Hall–Kier alpha value is -2.94. The van der Waals surface area contributed by atoms with Crippen LogP contribution in [0.2, 0.25) is 5.02 Å². The molecule has 29 heavy (non-hydrogen) atoms. The van der Waals surface area contributed by atoms with Gasteiger partial charge in [0.05, 0.1) is 11.2 Å². The molecule has 1 atom stereocenters. The number of rotatable bonds is 6. The number of aliphatic hydroxyl groups is 1. The minimum atomic E-state index is 0.0629. The van der Waals surface area contributed by atoms with Crippen LogP contribution in [-0.2, 0) is 0 Å². The first-order valence-electron chi connectivity index (χ1n) is 9.69. The van der Waals surface area contributed by atoms with Crippen molar-refractivity contribution in [1.82, 2.24) is 4.98 Å². The lowest BCUT2D eigenvalue weighted by molar-refractivity contribution is 0.281. The quantitative estimate of drug-likeness (QED) is 0.390. The summed E-state index contributed by atoms with van der Waals surface area (Å²) < 4.78 is 0. The third-order valence-corrected chi connectivity index (χ3v) is 5.49. The monoisotopic (exact) mass is 399 g/mol. The van der Waals surface area contributed by atoms with Gasteiger partial charge in [0.15, 0.2) is 0 Å². The first kappa shape index (κ1) is 19.4. The van der Waals surface area contributed by atoms with Crippen LogP contribution in [-0.4, -0.2) is 16.7 Å². The first-order chi connectivity index (χ1) is 14.2. The van der Waals surface area contributed by atoms with Gasteiger partial charge >= 0.3 is 0 Å². The Kier molecular flexibility index (Phi) is 5.75. The van der Waals surface area contributed by atoms with Crippen LogP contribution in [0.4, 0.5) is 0 Å². The van der Waals surface area contributed by atoms with Crippen molar-refractivity contribution in [1.29, 1.82) is 0 Å². The summed E-state index contributed by atoms with van der Waals surface area (Å²) in [6.45, 7) is 4.12. The van der Waals surface area contributed by atoms with Crippen LogP contribution in [0, 0.1) is 0 Å². The molecule has 1 heterocycles. The topological polar surface area (TPSA) is 33.1 Å². The molecule has 1 N–H and O–H groups in total. The van der Waals surface area contributed by atoms with Crippen LogP contribution < -0.4 is 0 Å². The zero-order valence-corrected chi connectivity index (χ0v) is 16.8. The molecule has 0 saturated carbocycles. The number of hydrogen-bond donors (Lipinski definition) is 1. The van der Waals surface area contributed by atoms with Crippen LogP contribution in [0.25, 0.3) is 28.2 Å². The van der Waals surface area contributed by atoms with Crippen LogP contribution in [0.3, 0.4) is 0 Å². The summed E-state index contributed by atoms with van der Waals surface area (Å²) in [5.41, 5.74) is 6.12. The standard InChI is InChI=1S/C26H22ClNO/c1-2-18-9-6-10-23(22(15-16-29)19-7-4-3-5-8-19)26(18)24-14-12-20-11-13-21(27)17-25(20)28-24/h2-14,17,22,29H,1,15-16H2. The summed E-state index contributed by atoms with van der Waals surface area (Å²) in [5, 5.41) is 11.5. The number of halogens is 1. The highest BCUT2D eigenvalue weighted by atomic mass is 35.5. The fourth-order valence-corrected chi connectivity index (χ4v) is 4.06. The third-order valence-electron chi connectivity index (χ3n) is 5.25. The fraction of sp³-hybridized carbons (Fsp3) is 0.115. The highest BCUT2D eigenvalue weighted by molar-refractivity contribution is 6.31. The number of benzene rings is 3. The van der Waals surface area contributed by atoms with E-state index in [1.807, 2.05) is 54.6 Å². The second kappa shape index (κ2) is 8.60.